The molecular weight excluding hydrogens is 142 g/mol. The molecule has 0 aromatic heterocycles. The number of hydrogen-bond donors (Lipinski definition) is 1. The molecule has 0 saturated carbocycles. The molecular formula is C8H15NO2. The van der Waals surface area contributed by atoms with E-state index >= 15 is 0 Å². The molecule has 3 heteroatoms. The summed E-state index contributed by atoms with van der Waals surface area (Å²) in [5.41, 5.74) is 5.33. The zero-order chi connectivity index (χ0) is 8.27. The van der Waals surface area contributed by atoms with Crippen LogP contribution in [0.3, 0.4) is 0 Å². The van der Waals surface area contributed by atoms with Gasteiger partial charge in [0.05, 0.1) is 12.0 Å². The standard InChI is InChI=1S/C8H15NO2/c1-6-5-7(3-2-4-9)8(10)11-6/h6-7H,2-5,9H2,1H3. The first-order chi connectivity index (χ1) is 5.24. The topological polar surface area (TPSA) is 52.3 Å². The van der Waals surface area contributed by atoms with Crippen molar-refractivity contribution in [3.8, 4) is 0 Å². The smallest absolute Gasteiger partial charge is 0.309 e. The van der Waals surface area contributed by atoms with Crippen molar-refractivity contribution in [2.75, 3.05) is 6.54 Å². The van der Waals surface area contributed by atoms with Crippen LogP contribution < -0.4 is 5.73 Å². The van der Waals surface area contributed by atoms with Crippen LogP contribution in [0.1, 0.15) is 26.2 Å². The Kier molecular flexibility index (Phi) is 2.88. The fourth-order valence-electron chi connectivity index (χ4n) is 1.44. The molecule has 0 aromatic rings. The van der Waals surface area contributed by atoms with E-state index in [2.05, 4.69) is 0 Å². The summed E-state index contributed by atoms with van der Waals surface area (Å²) < 4.78 is 4.99. The van der Waals surface area contributed by atoms with E-state index in [0.29, 0.717) is 6.54 Å². The molecule has 2 atom stereocenters. The van der Waals surface area contributed by atoms with E-state index in [1.165, 1.54) is 0 Å². The van der Waals surface area contributed by atoms with Gasteiger partial charge in [0, 0.05) is 0 Å². The molecule has 3 nitrogen and oxygen atoms in total. The molecule has 1 heterocycles. The summed E-state index contributed by atoms with van der Waals surface area (Å²) in [5.74, 6) is 0.0829. The van der Waals surface area contributed by atoms with Crippen molar-refractivity contribution in [2.24, 2.45) is 11.7 Å². The number of ether oxygens (including phenoxy) is 1. The van der Waals surface area contributed by atoms with Crippen molar-refractivity contribution in [1.82, 2.24) is 0 Å². The van der Waals surface area contributed by atoms with E-state index < -0.39 is 0 Å². The van der Waals surface area contributed by atoms with E-state index in [4.69, 9.17) is 10.5 Å². The Hall–Kier alpha value is -0.570. The number of carbonyl (C=O) groups excluding carboxylic acids is 1. The monoisotopic (exact) mass is 157 g/mol. The summed E-state index contributed by atoms with van der Waals surface area (Å²) >= 11 is 0. The number of carbonyl (C=O) groups is 1. The van der Waals surface area contributed by atoms with Crippen LogP contribution in [-0.4, -0.2) is 18.6 Å². The lowest BCUT2D eigenvalue weighted by Gasteiger charge is -2.01. The molecule has 1 rings (SSSR count). The summed E-state index contributed by atoms with van der Waals surface area (Å²) in [5, 5.41) is 0. The van der Waals surface area contributed by atoms with Gasteiger partial charge in [-0.3, -0.25) is 4.79 Å². The van der Waals surface area contributed by atoms with Crippen LogP contribution in [-0.2, 0) is 9.53 Å². The molecule has 0 aliphatic carbocycles. The fraction of sp³-hybridized carbons (Fsp3) is 0.875. The third-order valence-electron chi connectivity index (χ3n) is 2.02. The van der Waals surface area contributed by atoms with Gasteiger partial charge in [-0.1, -0.05) is 0 Å². The summed E-state index contributed by atoms with van der Waals surface area (Å²) in [7, 11) is 0. The van der Waals surface area contributed by atoms with Gasteiger partial charge in [0.15, 0.2) is 0 Å². The van der Waals surface area contributed by atoms with Gasteiger partial charge in [0.1, 0.15) is 0 Å². The van der Waals surface area contributed by atoms with E-state index in [0.717, 1.165) is 19.3 Å². The first-order valence-corrected chi connectivity index (χ1v) is 4.14. The lowest BCUT2D eigenvalue weighted by molar-refractivity contribution is -0.143. The lowest BCUT2D eigenvalue weighted by Crippen LogP contribution is -2.09. The predicted octanol–water partition coefficient (Wildman–Crippen LogP) is 0.677. The highest BCUT2D eigenvalue weighted by Gasteiger charge is 2.30. The Balaban J connectivity index is 2.29. The van der Waals surface area contributed by atoms with Gasteiger partial charge in [-0.05, 0) is 32.7 Å². The van der Waals surface area contributed by atoms with Crippen LogP contribution in [0.2, 0.25) is 0 Å². The van der Waals surface area contributed by atoms with Crippen LogP contribution >= 0.6 is 0 Å². The first kappa shape index (κ1) is 8.53. The minimum Gasteiger partial charge on any atom is -0.462 e. The maximum Gasteiger partial charge on any atom is 0.309 e. The Labute approximate surface area is 66.9 Å². The fourth-order valence-corrected chi connectivity index (χ4v) is 1.44. The van der Waals surface area contributed by atoms with E-state index in [1.54, 1.807) is 0 Å². The van der Waals surface area contributed by atoms with Gasteiger partial charge >= 0.3 is 5.97 Å². The van der Waals surface area contributed by atoms with Crippen LogP contribution in [0.5, 0.6) is 0 Å². The second-order valence-corrected chi connectivity index (χ2v) is 3.11. The quantitative estimate of drug-likeness (QED) is 0.613. The molecule has 0 radical (unpaired) electrons. The molecule has 1 saturated heterocycles. The third kappa shape index (κ3) is 2.19. The van der Waals surface area contributed by atoms with Crippen molar-refractivity contribution < 1.29 is 9.53 Å². The normalized spacial score (nSPS) is 30.5. The van der Waals surface area contributed by atoms with Gasteiger partial charge in [-0.15, -0.1) is 0 Å². The number of esters is 1. The summed E-state index contributed by atoms with van der Waals surface area (Å²) in [6.07, 6.45) is 2.80. The van der Waals surface area contributed by atoms with Crippen molar-refractivity contribution >= 4 is 5.97 Å². The highest BCUT2D eigenvalue weighted by Crippen LogP contribution is 2.24. The van der Waals surface area contributed by atoms with Crippen molar-refractivity contribution in [3.05, 3.63) is 0 Å². The van der Waals surface area contributed by atoms with Gasteiger partial charge in [-0.25, -0.2) is 0 Å². The SMILES string of the molecule is CC1CC(CCCN)C(=O)O1. The maximum absolute atomic E-state index is 11.0. The van der Waals surface area contributed by atoms with E-state index in [9.17, 15) is 4.79 Å². The first-order valence-electron chi connectivity index (χ1n) is 4.14. The highest BCUT2D eigenvalue weighted by molar-refractivity contribution is 5.74. The van der Waals surface area contributed by atoms with E-state index in [-0.39, 0.29) is 18.0 Å². The second kappa shape index (κ2) is 3.72. The van der Waals surface area contributed by atoms with Crippen LogP contribution in [0.25, 0.3) is 0 Å². The molecule has 11 heavy (non-hydrogen) atoms. The Morgan fingerprint density at radius 3 is 2.91 bits per heavy atom. The van der Waals surface area contributed by atoms with Crippen LogP contribution in [0.4, 0.5) is 0 Å². The number of nitrogens with two attached hydrogens (primary N) is 1. The largest absolute Gasteiger partial charge is 0.462 e. The Morgan fingerprint density at radius 1 is 1.73 bits per heavy atom. The van der Waals surface area contributed by atoms with Crippen molar-refractivity contribution in [1.29, 1.82) is 0 Å². The minimum absolute atomic E-state index is 0.0362. The molecule has 0 aromatic carbocycles. The summed E-state index contributed by atoms with van der Waals surface area (Å²) in [6.45, 7) is 2.60. The third-order valence-corrected chi connectivity index (χ3v) is 2.02. The molecule has 64 valence electrons. The predicted molar refractivity (Wildman–Crippen MR) is 41.9 cm³/mol. The molecule has 0 spiro atoms. The lowest BCUT2D eigenvalue weighted by atomic mass is 10.00. The zero-order valence-corrected chi connectivity index (χ0v) is 6.88. The van der Waals surface area contributed by atoms with Crippen LogP contribution in [0.15, 0.2) is 0 Å². The number of cyclic esters (lactones) is 1. The van der Waals surface area contributed by atoms with Crippen molar-refractivity contribution in [2.45, 2.75) is 32.3 Å². The van der Waals surface area contributed by atoms with Gasteiger partial charge in [0.25, 0.3) is 0 Å². The Morgan fingerprint density at radius 2 is 2.45 bits per heavy atom. The molecule has 2 N–H and O–H groups in total. The van der Waals surface area contributed by atoms with Gasteiger partial charge in [-0.2, -0.15) is 0 Å². The number of rotatable bonds is 3. The minimum atomic E-state index is -0.0362. The van der Waals surface area contributed by atoms with E-state index in [1.807, 2.05) is 6.92 Å². The van der Waals surface area contributed by atoms with Gasteiger partial charge < -0.3 is 10.5 Å². The van der Waals surface area contributed by atoms with Crippen molar-refractivity contribution in [3.63, 3.8) is 0 Å². The Bertz CT molecular complexity index is 147. The molecule has 1 aliphatic rings. The maximum atomic E-state index is 11.0. The average molecular weight is 157 g/mol. The zero-order valence-electron chi connectivity index (χ0n) is 6.88. The second-order valence-electron chi connectivity index (χ2n) is 3.11. The molecule has 0 amide bonds. The molecule has 2 unspecified atom stereocenters. The summed E-state index contributed by atoms with van der Waals surface area (Å²) in [4.78, 5) is 11.0. The molecule has 0 bridgehead atoms. The van der Waals surface area contributed by atoms with Crippen LogP contribution in [0, 0.1) is 5.92 Å². The van der Waals surface area contributed by atoms with Gasteiger partial charge in [0.2, 0.25) is 0 Å². The number of hydrogen-bond acceptors (Lipinski definition) is 3. The molecule has 1 fully saturated rings. The molecule has 1 aliphatic heterocycles. The summed E-state index contributed by atoms with van der Waals surface area (Å²) in [6, 6.07) is 0. The average Bonchev–Trinajstić information content (AvgIpc) is 2.26. The highest BCUT2D eigenvalue weighted by atomic mass is 16.5.